The predicted octanol–water partition coefficient (Wildman–Crippen LogP) is 3.99. The highest BCUT2D eigenvalue weighted by Crippen LogP contribution is 2.30. The number of rotatable bonds is 3. The Labute approximate surface area is 142 Å². The Balaban J connectivity index is 2.42. The quantitative estimate of drug-likeness (QED) is 0.828. The third-order valence-electron chi connectivity index (χ3n) is 2.75. The molecule has 0 aliphatic carbocycles. The summed E-state index contributed by atoms with van der Waals surface area (Å²) in [7, 11) is 0. The molecular weight excluding hydrogens is 347 g/mol. The molecule has 9 heteroatoms. The summed E-state index contributed by atoms with van der Waals surface area (Å²) in [6.07, 6.45) is 1.78. The van der Waals surface area contributed by atoms with Crippen LogP contribution in [0.4, 0.5) is 15.3 Å². The van der Waals surface area contributed by atoms with E-state index in [1.165, 1.54) is 28.9 Å². The van der Waals surface area contributed by atoms with Crippen LogP contribution in [0.3, 0.4) is 0 Å². The van der Waals surface area contributed by atoms with Gasteiger partial charge in [0.25, 0.3) is 0 Å². The molecular formula is C13H14Cl2N4O2S. The Hall–Kier alpha value is -1.44. The lowest BCUT2D eigenvalue weighted by molar-refractivity contribution is 0.180. The van der Waals surface area contributed by atoms with E-state index in [1.54, 1.807) is 26.2 Å². The molecule has 1 unspecified atom stereocenters. The maximum atomic E-state index is 12.6. The molecule has 1 fully saturated rings. The number of thioether (sulfide) groups is 1. The van der Waals surface area contributed by atoms with Crippen LogP contribution in [-0.2, 0) is 0 Å². The lowest BCUT2D eigenvalue weighted by Crippen LogP contribution is -2.62. The van der Waals surface area contributed by atoms with Crippen molar-refractivity contribution >= 4 is 58.4 Å². The van der Waals surface area contributed by atoms with Gasteiger partial charge in [-0.2, -0.15) is 10.1 Å². The first kappa shape index (κ1) is 16.9. The number of imide groups is 1. The second-order valence-corrected chi connectivity index (χ2v) is 6.38. The van der Waals surface area contributed by atoms with Crippen LogP contribution >= 0.6 is 35.0 Å². The van der Waals surface area contributed by atoms with Gasteiger partial charge in [0.15, 0.2) is 5.50 Å². The minimum Gasteiger partial charge on any atom is -0.306 e. The molecule has 6 nitrogen and oxygen atoms in total. The van der Waals surface area contributed by atoms with Gasteiger partial charge in [0.1, 0.15) is 0 Å². The smallest absolute Gasteiger partial charge is 0.306 e. The minimum atomic E-state index is -0.561. The van der Waals surface area contributed by atoms with Crippen LogP contribution in [0.25, 0.3) is 0 Å². The fourth-order valence-electron chi connectivity index (χ4n) is 1.84. The Morgan fingerprint density at radius 2 is 1.95 bits per heavy atom. The molecule has 1 atom stereocenters. The number of hydrazone groups is 1. The third kappa shape index (κ3) is 3.31. The molecule has 1 heterocycles. The normalized spacial score (nSPS) is 18.3. The van der Waals surface area contributed by atoms with Crippen molar-refractivity contribution in [2.45, 2.75) is 19.3 Å². The van der Waals surface area contributed by atoms with E-state index in [9.17, 15) is 9.59 Å². The number of carbonyl (C=O) groups is 2. The van der Waals surface area contributed by atoms with Crippen LogP contribution in [-0.4, -0.2) is 34.5 Å². The zero-order valence-electron chi connectivity index (χ0n) is 12.1. The van der Waals surface area contributed by atoms with Crippen molar-refractivity contribution < 1.29 is 9.59 Å². The van der Waals surface area contributed by atoms with E-state index in [-0.39, 0.29) is 5.02 Å². The van der Waals surface area contributed by atoms with Crippen LogP contribution in [0.15, 0.2) is 23.3 Å². The number of urea groups is 2. The molecule has 1 aromatic carbocycles. The van der Waals surface area contributed by atoms with Crippen LogP contribution in [0.5, 0.6) is 0 Å². The third-order valence-corrected chi connectivity index (χ3v) is 4.25. The summed E-state index contributed by atoms with van der Waals surface area (Å²) in [5, 5.41) is 8.72. The fraction of sp³-hybridized carbons (Fsp3) is 0.308. The minimum absolute atomic E-state index is 0.258. The summed E-state index contributed by atoms with van der Waals surface area (Å²) in [6, 6.07) is 3.44. The topological polar surface area (TPSA) is 65.0 Å². The zero-order chi connectivity index (χ0) is 16.4. The van der Waals surface area contributed by atoms with Crippen LogP contribution in [0.1, 0.15) is 13.8 Å². The number of amides is 4. The average Bonchev–Trinajstić information content (AvgIpc) is 2.45. The van der Waals surface area contributed by atoms with E-state index in [2.05, 4.69) is 10.4 Å². The molecule has 0 saturated carbocycles. The van der Waals surface area contributed by atoms with Gasteiger partial charge in [-0.1, -0.05) is 23.2 Å². The molecule has 0 bridgehead atoms. The highest BCUT2D eigenvalue weighted by molar-refractivity contribution is 7.99. The molecule has 0 aromatic heterocycles. The molecule has 1 aliphatic heterocycles. The van der Waals surface area contributed by atoms with Crippen molar-refractivity contribution in [1.82, 2.24) is 10.3 Å². The van der Waals surface area contributed by atoms with Gasteiger partial charge >= 0.3 is 12.1 Å². The van der Waals surface area contributed by atoms with Crippen molar-refractivity contribution in [2.75, 3.05) is 11.2 Å². The van der Waals surface area contributed by atoms with E-state index >= 15 is 0 Å². The van der Waals surface area contributed by atoms with Crippen LogP contribution in [0.2, 0.25) is 10.0 Å². The molecule has 2 rings (SSSR count). The van der Waals surface area contributed by atoms with Gasteiger partial charge < -0.3 is 5.32 Å². The Bertz CT molecular complexity index is 649. The number of benzene rings is 1. The van der Waals surface area contributed by atoms with Gasteiger partial charge in [0.05, 0.1) is 15.7 Å². The SMILES string of the molecule is CSC1NC(=O)N(c2ccc(Cl)c(Cl)c2)C(=O)N1N=C(C)C. The van der Waals surface area contributed by atoms with Gasteiger partial charge in [-0.25, -0.2) is 14.5 Å². The van der Waals surface area contributed by atoms with Crippen LogP contribution in [0, 0.1) is 0 Å². The van der Waals surface area contributed by atoms with Gasteiger partial charge in [-0.05, 0) is 38.3 Å². The van der Waals surface area contributed by atoms with Gasteiger partial charge in [0.2, 0.25) is 0 Å². The summed E-state index contributed by atoms with van der Waals surface area (Å²) < 4.78 is 0. The van der Waals surface area contributed by atoms with E-state index in [0.29, 0.717) is 16.4 Å². The van der Waals surface area contributed by atoms with Gasteiger partial charge in [0, 0.05) is 5.71 Å². The van der Waals surface area contributed by atoms with E-state index in [1.807, 2.05) is 0 Å². The summed E-state index contributed by atoms with van der Waals surface area (Å²) >= 11 is 13.1. The number of anilines is 1. The summed E-state index contributed by atoms with van der Waals surface area (Å²) in [4.78, 5) is 25.8. The maximum Gasteiger partial charge on any atom is 0.355 e. The predicted molar refractivity (Wildman–Crippen MR) is 90.8 cm³/mol. The highest BCUT2D eigenvalue weighted by Gasteiger charge is 2.39. The lowest BCUT2D eigenvalue weighted by atomic mass is 10.3. The monoisotopic (exact) mass is 360 g/mol. The molecule has 1 aromatic rings. The Kier molecular flexibility index (Phi) is 5.20. The molecule has 0 spiro atoms. The van der Waals surface area contributed by atoms with Crippen LogP contribution < -0.4 is 10.2 Å². The Morgan fingerprint density at radius 3 is 2.50 bits per heavy atom. The summed E-state index contributed by atoms with van der Waals surface area (Å²) in [5.74, 6) is 0. The van der Waals surface area contributed by atoms with E-state index in [4.69, 9.17) is 23.2 Å². The number of hydrogen-bond donors (Lipinski definition) is 1. The molecule has 118 valence electrons. The zero-order valence-corrected chi connectivity index (χ0v) is 14.5. The van der Waals surface area contributed by atoms with Crippen molar-refractivity contribution in [2.24, 2.45) is 5.10 Å². The largest absolute Gasteiger partial charge is 0.355 e. The number of carbonyl (C=O) groups excluding carboxylic acids is 2. The molecule has 0 radical (unpaired) electrons. The second-order valence-electron chi connectivity index (χ2n) is 4.65. The first-order valence-corrected chi connectivity index (χ1v) is 8.33. The Morgan fingerprint density at radius 1 is 1.27 bits per heavy atom. The first-order valence-electron chi connectivity index (χ1n) is 6.28. The van der Waals surface area contributed by atoms with Crippen molar-refractivity contribution in [1.29, 1.82) is 0 Å². The number of hydrogen-bond acceptors (Lipinski definition) is 4. The van der Waals surface area contributed by atoms with Gasteiger partial charge in [-0.3, -0.25) is 0 Å². The molecule has 1 saturated heterocycles. The fourth-order valence-corrected chi connectivity index (χ4v) is 2.69. The van der Waals surface area contributed by atoms with E-state index in [0.717, 1.165) is 4.90 Å². The molecule has 22 heavy (non-hydrogen) atoms. The highest BCUT2D eigenvalue weighted by atomic mass is 35.5. The molecule has 1 N–H and O–H groups in total. The number of nitrogens with one attached hydrogen (secondary N) is 1. The maximum absolute atomic E-state index is 12.6. The summed E-state index contributed by atoms with van der Waals surface area (Å²) in [5.41, 5.74) is 0.456. The second kappa shape index (κ2) is 6.76. The lowest BCUT2D eigenvalue weighted by Gasteiger charge is -2.37. The van der Waals surface area contributed by atoms with Crippen molar-refractivity contribution in [3.8, 4) is 0 Å². The van der Waals surface area contributed by atoms with Gasteiger partial charge in [-0.15, -0.1) is 11.8 Å². The van der Waals surface area contributed by atoms with E-state index < -0.39 is 17.6 Å². The number of nitrogens with zero attached hydrogens (tertiary/aromatic N) is 3. The summed E-state index contributed by atoms with van der Waals surface area (Å²) in [6.45, 7) is 3.54. The first-order chi connectivity index (χ1) is 10.3. The standard InChI is InChI=1S/C13H14Cl2N4O2S/c1-7(2)17-19-12(22-3)16-11(20)18(13(19)21)8-4-5-9(14)10(15)6-8/h4-6,12H,1-3H3,(H,16,20). The average molecular weight is 361 g/mol. The molecule has 4 amide bonds. The van der Waals surface area contributed by atoms with Crippen molar-refractivity contribution in [3.05, 3.63) is 28.2 Å². The van der Waals surface area contributed by atoms with Crippen molar-refractivity contribution in [3.63, 3.8) is 0 Å². The number of halogens is 2. The molecule has 1 aliphatic rings.